The van der Waals surface area contributed by atoms with E-state index in [0.29, 0.717) is 11.4 Å². The summed E-state index contributed by atoms with van der Waals surface area (Å²) in [5.41, 5.74) is 0.0338. The Morgan fingerprint density at radius 1 is 1.26 bits per heavy atom. The molecule has 0 aliphatic rings. The van der Waals surface area contributed by atoms with Crippen molar-refractivity contribution in [3.63, 3.8) is 0 Å². The third-order valence-electron chi connectivity index (χ3n) is 3.79. The Kier molecular flexibility index (Phi) is 6.40. The van der Waals surface area contributed by atoms with Crippen molar-refractivity contribution >= 4 is 34.7 Å². The van der Waals surface area contributed by atoms with Gasteiger partial charge in [-0.15, -0.1) is 11.3 Å². The van der Waals surface area contributed by atoms with Crippen LogP contribution in [0.3, 0.4) is 0 Å². The maximum atomic E-state index is 12.5. The number of nitro benzene ring substituents is 1. The lowest BCUT2D eigenvalue weighted by molar-refractivity contribution is -0.385. The number of nitrogens with zero attached hydrogens (tertiary/aromatic N) is 1. The molecule has 0 aliphatic heterocycles. The first kappa shape index (κ1) is 20.2. The minimum absolute atomic E-state index is 0.0429. The summed E-state index contributed by atoms with van der Waals surface area (Å²) in [6.07, 6.45) is -1.05. The van der Waals surface area contributed by atoms with Crippen LogP contribution in [0.2, 0.25) is 0 Å². The van der Waals surface area contributed by atoms with Crippen LogP contribution in [-0.2, 0) is 16.1 Å². The molecule has 1 unspecified atom stereocenters. The van der Waals surface area contributed by atoms with Crippen molar-refractivity contribution in [3.05, 3.63) is 61.3 Å². The number of rotatable bonds is 7. The topological polar surface area (TPSA) is 116 Å². The standard InChI is InChI=1S/C18H18N2O6S/c1-10-14(5-4-6-15(10)20(24)25)18(23)26-11(2)17(22)16-8-7-13(27-16)9-19-12(3)21/h4-8,11H,9H2,1-3H3,(H,19,21). The summed E-state index contributed by atoms with van der Waals surface area (Å²) in [7, 11) is 0. The van der Waals surface area contributed by atoms with E-state index in [4.69, 9.17) is 4.74 Å². The smallest absolute Gasteiger partial charge is 0.339 e. The van der Waals surface area contributed by atoms with Crippen LogP contribution in [0, 0.1) is 17.0 Å². The Morgan fingerprint density at radius 3 is 2.59 bits per heavy atom. The summed E-state index contributed by atoms with van der Waals surface area (Å²) >= 11 is 1.20. The van der Waals surface area contributed by atoms with Gasteiger partial charge in [0.1, 0.15) is 0 Å². The van der Waals surface area contributed by atoms with Crippen molar-refractivity contribution in [2.75, 3.05) is 0 Å². The molecule has 1 aromatic carbocycles. The molecule has 1 heterocycles. The van der Waals surface area contributed by atoms with E-state index in [-0.39, 0.29) is 28.5 Å². The van der Waals surface area contributed by atoms with Crippen molar-refractivity contribution in [1.82, 2.24) is 5.32 Å². The van der Waals surface area contributed by atoms with Gasteiger partial charge in [0.05, 0.1) is 21.9 Å². The Hall–Kier alpha value is -3.07. The summed E-state index contributed by atoms with van der Waals surface area (Å²) in [5.74, 6) is -1.36. The fourth-order valence-electron chi connectivity index (χ4n) is 2.34. The molecule has 0 saturated heterocycles. The van der Waals surface area contributed by atoms with E-state index in [9.17, 15) is 24.5 Å². The normalized spacial score (nSPS) is 11.5. The average Bonchev–Trinajstić information content (AvgIpc) is 3.07. The van der Waals surface area contributed by atoms with Gasteiger partial charge in [0.15, 0.2) is 6.10 Å². The Labute approximate surface area is 159 Å². The second kappa shape index (κ2) is 8.54. The molecule has 0 radical (unpaired) electrons. The molecule has 1 atom stereocenters. The van der Waals surface area contributed by atoms with Gasteiger partial charge in [-0.25, -0.2) is 4.79 Å². The van der Waals surface area contributed by atoms with Gasteiger partial charge in [-0.1, -0.05) is 6.07 Å². The highest BCUT2D eigenvalue weighted by Crippen LogP contribution is 2.23. The molecule has 1 amide bonds. The van der Waals surface area contributed by atoms with E-state index in [1.807, 2.05) is 0 Å². The predicted octanol–water partition coefficient (Wildman–Crippen LogP) is 3.03. The number of carbonyl (C=O) groups is 3. The van der Waals surface area contributed by atoms with Crippen LogP contribution >= 0.6 is 11.3 Å². The van der Waals surface area contributed by atoms with Gasteiger partial charge in [0, 0.05) is 23.4 Å². The van der Waals surface area contributed by atoms with Gasteiger partial charge >= 0.3 is 5.97 Å². The summed E-state index contributed by atoms with van der Waals surface area (Å²) in [5, 5.41) is 13.6. The zero-order valence-corrected chi connectivity index (χ0v) is 15.8. The van der Waals surface area contributed by atoms with Gasteiger partial charge < -0.3 is 10.1 Å². The van der Waals surface area contributed by atoms with Crippen LogP contribution in [0.5, 0.6) is 0 Å². The Balaban J connectivity index is 2.08. The summed E-state index contributed by atoms with van der Waals surface area (Å²) < 4.78 is 5.20. The first-order chi connectivity index (χ1) is 12.7. The van der Waals surface area contributed by atoms with Gasteiger partial charge in [-0.3, -0.25) is 19.7 Å². The number of Topliss-reactive ketones (excluding diaryl/α,β-unsaturated/α-hetero) is 1. The molecule has 9 heteroatoms. The molecule has 0 fully saturated rings. The molecule has 2 aromatic rings. The number of amides is 1. The van der Waals surface area contributed by atoms with Crippen molar-refractivity contribution in [2.24, 2.45) is 0 Å². The molecular formula is C18H18N2O6S. The fraction of sp³-hybridized carbons (Fsp3) is 0.278. The highest BCUT2D eigenvalue weighted by molar-refractivity contribution is 7.14. The van der Waals surface area contributed by atoms with E-state index >= 15 is 0 Å². The number of nitrogens with one attached hydrogen (secondary N) is 1. The molecule has 1 N–H and O–H groups in total. The minimum atomic E-state index is -1.05. The maximum Gasteiger partial charge on any atom is 0.339 e. The van der Waals surface area contributed by atoms with Crippen molar-refractivity contribution in [3.8, 4) is 0 Å². The first-order valence-corrected chi connectivity index (χ1v) is 8.84. The Bertz CT molecular complexity index is 905. The van der Waals surface area contributed by atoms with Crippen LogP contribution in [0.15, 0.2) is 30.3 Å². The molecule has 2 rings (SSSR count). The lowest BCUT2D eigenvalue weighted by Gasteiger charge is -2.12. The van der Waals surface area contributed by atoms with Crippen molar-refractivity contribution in [2.45, 2.75) is 33.4 Å². The van der Waals surface area contributed by atoms with Crippen LogP contribution in [0.4, 0.5) is 5.69 Å². The number of hydrogen-bond donors (Lipinski definition) is 1. The molecule has 142 valence electrons. The number of benzene rings is 1. The Morgan fingerprint density at radius 2 is 1.96 bits per heavy atom. The van der Waals surface area contributed by atoms with Crippen LogP contribution in [0.1, 0.15) is 44.3 Å². The lowest BCUT2D eigenvalue weighted by atomic mass is 10.1. The van der Waals surface area contributed by atoms with E-state index < -0.39 is 17.0 Å². The van der Waals surface area contributed by atoms with Crippen molar-refractivity contribution in [1.29, 1.82) is 0 Å². The summed E-state index contributed by atoms with van der Waals surface area (Å²) in [4.78, 5) is 47.3. The quantitative estimate of drug-likeness (QED) is 0.336. The van der Waals surface area contributed by atoms with Gasteiger partial charge in [0.25, 0.3) is 5.69 Å². The highest BCUT2D eigenvalue weighted by Gasteiger charge is 2.25. The number of nitro groups is 1. The van der Waals surface area contributed by atoms with E-state index in [2.05, 4.69) is 5.32 Å². The van der Waals surface area contributed by atoms with E-state index in [0.717, 1.165) is 4.88 Å². The number of thiophene rings is 1. The summed E-state index contributed by atoms with van der Waals surface area (Å²) in [6, 6.07) is 7.42. The fourth-order valence-corrected chi connectivity index (χ4v) is 3.30. The number of ketones is 1. The zero-order chi connectivity index (χ0) is 20.1. The summed E-state index contributed by atoms with van der Waals surface area (Å²) in [6.45, 7) is 4.61. The number of hydrogen-bond acceptors (Lipinski definition) is 7. The molecule has 0 aliphatic carbocycles. The maximum absolute atomic E-state index is 12.5. The highest BCUT2D eigenvalue weighted by atomic mass is 32.1. The van der Waals surface area contributed by atoms with Gasteiger partial charge in [-0.2, -0.15) is 0 Å². The van der Waals surface area contributed by atoms with Crippen molar-refractivity contribution < 1.29 is 24.0 Å². The monoisotopic (exact) mass is 390 g/mol. The van der Waals surface area contributed by atoms with Gasteiger partial charge in [0.2, 0.25) is 11.7 Å². The molecular weight excluding hydrogens is 372 g/mol. The third kappa shape index (κ3) is 4.98. The number of ether oxygens (including phenoxy) is 1. The zero-order valence-electron chi connectivity index (χ0n) is 15.0. The van der Waals surface area contributed by atoms with E-state index in [1.54, 1.807) is 12.1 Å². The minimum Gasteiger partial charge on any atom is -0.451 e. The first-order valence-electron chi connectivity index (χ1n) is 8.03. The predicted molar refractivity (Wildman–Crippen MR) is 98.9 cm³/mol. The lowest BCUT2D eigenvalue weighted by Crippen LogP contribution is -2.24. The van der Waals surface area contributed by atoms with Crippen LogP contribution < -0.4 is 5.32 Å². The SMILES string of the molecule is CC(=O)NCc1ccc(C(=O)C(C)OC(=O)c2cccc([N+](=O)[O-])c2C)s1. The molecule has 27 heavy (non-hydrogen) atoms. The second-order valence-electron chi connectivity index (χ2n) is 5.79. The molecule has 0 bridgehead atoms. The largest absolute Gasteiger partial charge is 0.451 e. The molecule has 1 aromatic heterocycles. The van der Waals surface area contributed by atoms with E-state index in [1.165, 1.54) is 50.3 Å². The number of carbonyl (C=O) groups excluding carboxylic acids is 3. The average molecular weight is 390 g/mol. The number of esters is 1. The second-order valence-corrected chi connectivity index (χ2v) is 6.96. The third-order valence-corrected chi connectivity index (χ3v) is 4.89. The van der Waals surface area contributed by atoms with Crippen LogP contribution in [-0.4, -0.2) is 28.7 Å². The molecule has 0 saturated carbocycles. The van der Waals surface area contributed by atoms with Gasteiger partial charge in [-0.05, 0) is 32.0 Å². The van der Waals surface area contributed by atoms with Crippen LogP contribution in [0.25, 0.3) is 0 Å². The molecule has 0 spiro atoms. The molecule has 8 nitrogen and oxygen atoms in total.